The fraction of sp³-hybridized carbons (Fsp3) is 0.267. The van der Waals surface area contributed by atoms with Gasteiger partial charge in [-0.3, -0.25) is 4.98 Å². The third-order valence-electron chi connectivity index (χ3n) is 2.89. The molecule has 0 bridgehead atoms. The zero-order valence-electron chi connectivity index (χ0n) is 10.7. The van der Waals surface area contributed by atoms with Gasteiger partial charge in [-0.05, 0) is 31.5 Å². The molecule has 94 valence electrons. The van der Waals surface area contributed by atoms with E-state index in [2.05, 4.69) is 35.4 Å². The fourth-order valence-electron chi connectivity index (χ4n) is 1.84. The molecule has 1 N–H and O–H groups in total. The largest absolute Gasteiger partial charge is 0.305 e. The van der Waals surface area contributed by atoms with Gasteiger partial charge in [-0.15, -0.1) is 0 Å². The molecule has 2 aromatic rings. The maximum Gasteiger partial charge on any atom is 0.141 e. The Hall–Kier alpha value is -1.74. The summed E-state index contributed by atoms with van der Waals surface area (Å²) >= 11 is 0. The minimum absolute atomic E-state index is 0.103. The first kappa shape index (κ1) is 12.7. The van der Waals surface area contributed by atoms with Crippen molar-refractivity contribution in [2.75, 3.05) is 0 Å². The molecule has 0 aliphatic rings. The molecule has 0 aliphatic heterocycles. The van der Waals surface area contributed by atoms with Crippen LogP contribution in [0, 0.1) is 12.7 Å². The normalized spacial score (nSPS) is 12.4. The Kier molecular flexibility index (Phi) is 4.05. The molecule has 0 saturated heterocycles. The number of benzene rings is 1. The second-order valence-corrected chi connectivity index (χ2v) is 4.49. The van der Waals surface area contributed by atoms with Crippen molar-refractivity contribution in [1.82, 2.24) is 10.3 Å². The van der Waals surface area contributed by atoms with Crippen LogP contribution in [-0.4, -0.2) is 4.98 Å². The average Bonchev–Trinajstić information content (AvgIpc) is 2.37. The zero-order valence-corrected chi connectivity index (χ0v) is 10.7. The molecule has 2 nitrogen and oxygen atoms in total. The number of nitrogens with zero attached hydrogens (tertiary/aromatic N) is 1. The molecule has 1 aromatic heterocycles. The lowest BCUT2D eigenvalue weighted by molar-refractivity contribution is 0.554. The lowest BCUT2D eigenvalue weighted by Crippen LogP contribution is -2.19. The van der Waals surface area contributed by atoms with Gasteiger partial charge in [-0.2, -0.15) is 0 Å². The Labute approximate surface area is 107 Å². The number of halogens is 1. The van der Waals surface area contributed by atoms with Crippen LogP contribution in [0.25, 0.3) is 0 Å². The minimum Gasteiger partial charge on any atom is -0.305 e. The van der Waals surface area contributed by atoms with Gasteiger partial charge in [0, 0.05) is 12.6 Å². The third kappa shape index (κ3) is 3.37. The lowest BCUT2D eigenvalue weighted by atomic mass is 10.1. The summed E-state index contributed by atoms with van der Waals surface area (Å²) in [5, 5.41) is 3.38. The molecule has 1 atom stereocenters. The summed E-state index contributed by atoms with van der Waals surface area (Å²) in [5.74, 6) is -0.301. The second kappa shape index (κ2) is 5.74. The molecular weight excluding hydrogens is 227 g/mol. The molecule has 0 radical (unpaired) electrons. The molecule has 1 heterocycles. The minimum atomic E-state index is -0.301. The van der Waals surface area contributed by atoms with Crippen molar-refractivity contribution in [3.63, 3.8) is 0 Å². The maximum absolute atomic E-state index is 12.8. The van der Waals surface area contributed by atoms with E-state index in [1.165, 1.54) is 23.4 Å². The summed E-state index contributed by atoms with van der Waals surface area (Å²) in [6.45, 7) is 4.88. The highest BCUT2D eigenvalue weighted by atomic mass is 19.1. The van der Waals surface area contributed by atoms with Crippen molar-refractivity contribution in [2.24, 2.45) is 0 Å². The van der Waals surface area contributed by atoms with Crippen LogP contribution in [0.4, 0.5) is 4.39 Å². The van der Waals surface area contributed by atoms with Crippen molar-refractivity contribution < 1.29 is 4.39 Å². The van der Waals surface area contributed by atoms with Crippen molar-refractivity contribution in [3.8, 4) is 0 Å². The van der Waals surface area contributed by atoms with Gasteiger partial charge in [-0.1, -0.05) is 29.8 Å². The zero-order chi connectivity index (χ0) is 13.0. The van der Waals surface area contributed by atoms with Crippen LogP contribution in [0.15, 0.2) is 42.6 Å². The number of hydrogen-bond donors (Lipinski definition) is 1. The van der Waals surface area contributed by atoms with E-state index in [1.807, 2.05) is 13.0 Å². The number of hydrogen-bond acceptors (Lipinski definition) is 2. The SMILES string of the molecule is Cc1cccc(CNC(C)c2ccc(F)cn2)c1. The molecule has 1 unspecified atom stereocenters. The number of aromatic nitrogens is 1. The van der Waals surface area contributed by atoms with Crippen LogP contribution < -0.4 is 5.32 Å². The van der Waals surface area contributed by atoms with Crippen molar-refractivity contribution in [1.29, 1.82) is 0 Å². The van der Waals surface area contributed by atoms with E-state index in [1.54, 1.807) is 6.07 Å². The van der Waals surface area contributed by atoms with Crippen LogP contribution in [0.5, 0.6) is 0 Å². The van der Waals surface area contributed by atoms with Gasteiger partial charge in [0.05, 0.1) is 11.9 Å². The summed E-state index contributed by atoms with van der Waals surface area (Å²) in [7, 11) is 0. The van der Waals surface area contributed by atoms with Gasteiger partial charge < -0.3 is 5.32 Å². The fourth-order valence-corrected chi connectivity index (χ4v) is 1.84. The first-order valence-corrected chi connectivity index (χ1v) is 6.05. The van der Waals surface area contributed by atoms with Crippen LogP contribution in [0.3, 0.4) is 0 Å². The van der Waals surface area contributed by atoms with Crippen LogP contribution >= 0.6 is 0 Å². The first-order chi connectivity index (χ1) is 8.65. The van der Waals surface area contributed by atoms with E-state index in [-0.39, 0.29) is 11.9 Å². The summed E-state index contributed by atoms with van der Waals surface area (Å²) in [4.78, 5) is 4.07. The molecule has 18 heavy (non-hydrogen) atoms. The molecule has 0 spiro atoms. The van der Waals surface area contributed by atoms with Gasteiger partial charge in [0.2, 0.25) is 0 Å². The first-order valence-electron chi connectivity index (χ1n) is 6.05. The number of pyridine rings is 1. The van der Waals surface area contributed by atoms with Gasteiger partial charge >= 0.3 is 0 Å². The summed E-state index contributed by atoms with van der Waals surface area (Å²) in [6.07, 6.45) is 1.25. The van der Waals surface area contributed by atoms with Gasteiger partial charge in [-0.25, -0.2) is 4.39 Å². The molecule has 3 heteroatoms. The number of rotatable bonds is 4. The third-order valence-corrected chi connectivity index (χ3v) is 2.89. The highest BCUT2D eigenvalue weighted by Crippen LogP contribution is 2.11. The lowest BCUT2D eigenvalue weighted by Gasteiger charge is -2.13. The van der Waals surface area contributed by atoms with Crippen molar-refractivity contribution in [3.05, 3.63) is 65.2 Å². The Morgan fingerprint density at radius 1 is 1.28 bits per heavy atom. The Bertz CT molecular complexity index is 508. The molecule has 1 aromatic carbocycles. The summed E-state index contributed by atoms with van der Waals surface area (Å²) in [5.41, 5.74) is 3.34. The predicted octanol–water partition coefficient (Wildman–Crippen LogP) is 3.38. The van der Waals surface area contributed by atoms with E-state index in [4.69, 9.17) is 0 Å². The van der Waals surface area contributed by atoms with Crippen LogP contribution in [-0.2, 0) is 6.54 Å². The maximum atomic E-state index is 12.8. The predicted molar refractivity (Wildman–Crippen MR) is 70.6 cm³/mol. The van der Waals surface area contributed by atoms with Crippen molar-refractivity contribution >= 4 is 0 Å². The standard InChI is InChI=1S/C15H17FN2/c1-11-4-3-5-13(8-11)9-17-12(2)15-7-6-14(16)10-18-15/h3-8,10,12,17H,9H2,1-2H3. The van der Waals surface area contributed by atoms with Gasteiger partial charge in [0.15, 0.2) is 0 Å². The second-order valence-electron chi connectivity index (χ2n) is 4.49. The Morgan fingerprint density at radius 3 is 2.78 bits per heavy atom. The van der Waals surface area contributed by atoms with Crippen molar-refractivity contribution in [2.45, 2.75) is 26.4 Å². The quantitative estimate of drug-likeness (QED) is 0.891. The van der Waals surface area contributed by atoms with Gasteiger partial charge in [0.1, 0.15) is 5.82 Å². The molecule has 2 rings (SSSR count). The topological polar surface area (TPSA) is 24.9 Å². The Morgan fingerprint density at radius 2 is 2.11 bits per heavy atom. The summed E-state index contributed by atoms with van der Waals surface area (Å²) < 4.78 is 12.8. The molecule has 0 fully saturated rings. The van der Waals surface area contributed by atoms with Crippen LogP contribution in [0.1, 0.15) is 29.8 Å². The molecule has 0 aliphatic carbocycles. The number of nitrogens with one attached hydrogen (secondary N) is 1. The molecule has 0 saturated carbocycles. The monoisotopic (exact) mass is 244 g/mol. The van der Waals surface area contributed by atoms with E-state index in [9.17, 15) is 4.39 Å². The molecule has 0 amide bonds. The van der Waals surface area contributed by atoms with E-state index < -0.39 is 0 Å². The average molecular weight is 244 g/mol. The highest BCUT2D eigenvalue weighted by molar-refractivity contribution is 5.22. The van der Waals surface area contributed by atoms with E-state index in [0.717, 1.165) is 12.2 Å². The number of aryl methyl sites for hydroxylation is 1. The van der Waals surface area contributed by atoms with Crippen LogP contribution in [0.2, 0.25) is 0 Å². The van der Waals surface area contributed by atoms with E-state index >= 15 is 0 Å². The Balaban J connectivity index is 1.96. The highest BCUT2D eigenvalue weighted by Gasteiger charge is 2.06. The molecular formula is C15H17FN2. The summed E-state index contributed by atoms with van der Waals surface area (Å²) in [6, 6.07) is 11.6. The smallest absolute Gasteiger partial charge is 0.141 e. The van der Waals surface area contributed by atoms with Gasteiger partial charge in [0.25, 0.3) is 0 Å². The van der Waals surface area contributed by atoms with E-state index in [0.29, 0.717) is 0 Å².